The van der Waals surface area contributed by atoms with Crippen molar-refractivity contribution in [2.24, 2.45) is 0 Å². The van der Waals surface area contributed by atoms with Crippen LogP contribution in [0.2, 0.25) is 0 Å². The standard InChI is InChI=1S/C15H21N3O2/c1-2-3-4-5-6-7-10-17-14-9-8-13(12-16)15(11-14)18(19)20/h8-9,11,17H,2-7,10H2,1H3. The van der Waals surface area contributed by atoms with Gasteiger partial charge in [0, 0.05) is 18.3 Å². The van der Waals surface area contributed by atoms with E-state index in [4.69, 9.17) is 5.26 Å². The Kier molecular flexibility index (Phi) is 7.12. The van der Waals surface area contributed by atoms with E-state index in [9.17, 15) is 10.1 Å². The zero-order valence-corrected chi connectivity index (χ0v) is 11.9. The number of nitro benzene ring substituents is 1. The molecule has 0 aliphatic rings. The molecule has 0 aromatic heterocycles. The maximum atomic E-state index is 10.8. The summed E-state index contributed by atoms with van der Waals surface area (Å²) < 4.78 is 0. The summed E-state index contributed by atoms with van der Waals surface area (Å²) in [5.41, 5.74) is 0.657. The topological polar surface area (TPSA) is 79.0 Å². The molecule has 0 spiro atoms. The Labute approximate surface area is 119 Å². The van der Waals surface area contributed by atoms with Crippen LogP contribution in [0.25, 0.3) is 0 Å². The van der Waals surface area contributed by atoms with E-state index < -0.39 is 4.92 Å². The molecular weight excluding hydrogens is 254 g/mol. The first-order valence-electron chi connectivity index (χ1n) is 7.11. The van der Waals surface area contributed by atoms with Crippen LogP contribution in [-0.4, -0.2) is 11.5 Å². The predicted octanol–water partition coefficient (Wildman–Crippen LogP) is 4.24. The maximum Gasteiger partial charge on any atom is 0.289 e. The number of nitrogens with zero attached hydrogens (tertiary/aromatic N) is 2. The maximum absolute atomic E-state index is 10.8. The lowest BCUT2D eigenvalue weighted by Crippen LogP contribution is -2.02. The molecule has 0 amide bonds. The lowest BCUT2D eigenvalue weighted by molar-refractivity contribution is -0.385. The van der Waals surface area contributed by atoms with Crippen molar-refractivity contribution in [2.45, 2.75) is 45.4 Å². The van der Waals surface area contributed by atoms with Crippen LogP contribution in [0, 0.1) is 21.4 Å². The van der Waals surface area contributed by atoms with Gasteiger partial charge in [-0.1, -0.05) is 39.0 Å². The largest absolute Gasteiger partial charge is 0.385 e. The first-order valence-corrected chi connectivity index (χ1v) is 7.11. The highest BCUT2D eigenvalue weighted by Gasteiger charge is 2.13. The van der Waals surface area contributed by atoms with Crippen molar-refractivity contribution in [3.8, 4) is 6.07 Å². The van der Waals surface area contributed by atoms with E-state index in [0.29, 0.717) is 5.69 Å². The van der Waals surface area contributed by atoms with E-state index in [0.717, 1.165) is 13.0 Å². The zero-order valence-electron chi connectivity index (χ0n) is 11.9. The number of nitriles is 1. The van der Waals surface area contributed by atoms with Gasteiger partial charge in [-0.2, -0.15) is 5.26 Å². The Balaban J connectivity index is 2.39. The van der Waals surface area contributed by atoms with Gasteiger partial charge in [0.1, 0.15) is 11.6 Å². The molecule has 1 rings (SSSR count). The third-order valence-corrected chi connectivity index (χ3v) is 3.17. The summed E-state index contributed by atoms with van der Waals surface area (Å²) in [6.45, 7) is 2.99. The van der Waals surface area contributed by atoms with Crippen LogP contribution in [0.15, 0.2) is 18.2 Å². The Morgan fingerprint density at radius 3 is 2.60 bits per heavy atom. The molecule has 0 radical (unpaired) electrons. The Morgan fingerprint density at radius 2 is 1.95 bits per heavy atom. The van der Waals surface area contributed by atoms with Crippen molar-refractivity contribution < 1.29 is 4.92 Å². The van der Waals surface area contributed by atoms with Gasteiger partial charge in [0.25, 0.3) is 5.69 Å². The average molecular weight is 275 g/mol. The van der Waals surface area contributed by atoms with E-state index in [-0.39, 0.29) is 11.3 Å². The summed E-state index contributed by atoms with van der Waals surface area (Å²) in [5, 5.41) is 22.8. The van der Waals surface area contributed by atoms with Gasteiger partial charge in [0.15, 0.2) is 0 Å². The summed E-state index contributed by atoms with van der Waals surface area (Å²) in [7, 11) is 0. The molecule has 1 aromatic rings. The summed E-state index contributed by atoms with van der Waals surface area (Å²) >= 11 is 0. The van der Waals surface area contributed by atoms with Crippen molar-refractivity contribution in [3.05, 3.63) is 33.9 Å². The van der Waals surface area contributed by atoms with E-state index in [1.807, 2.05) is 6.07 Å². The number of nitro groups is 1. The lowest BCUT2D eigenvalue weighted by Gasteiger charge is -2.06. The molecule has 1 N–H and O–H groups in total. The van der Waals surface area contributed by atoms with Crippen LogP contribution in [-0.2, 0) is 0 Å². The first-order chi connectivity index (χ1) is 9.69. The highest BCUT2D eigenvalue weighted by atomic mass is 16.6. The summed E-state index contributed by atoms with van der Waals surface area (Å²) in [6.07, 6.45) is 7.27. The van der Waals surface area contributed by atoms with Crippen molar-refractivity contribution >= 4 is 11.4 Å². The normalized spacial score (nSPS) is 10.0. The minimum absolute atomic E-state index is 0.0973. The van der Waals surface area contributed by atoms with Gasteiger partial charge in [-0.3, -0.25) is 10.1 Å². The molecule has 108 valence electrons. The average Bonchev–Trinajstić information content (AvgIpc) is 2.46. The lowest BCUT2D eigenvalue weighted by atomic mass is 10.1. The van der Waals surface area contributed by atoms with Crippen LogP contribution < -0.4 is 5.32 Å². The van der Waals surface area contributed by atoms with E-state index in [1.165, 1.54) is 44.2 Å². The molecule has 1 aromatic carbocycles. The predicted molar refractivity (Wildman–Crippen MR) is 79.7 cm³/mol. The number of benzene rings is 1. The van der Waals surface area contributed by atoms with Crippen LogP contribution >= 0.6 is 0 Å². The minimum Gasteiger partial charge on any atom is -0.385 e. The van der Waals surface area contributed by atoms with Crippen LogP contribution in [0.5, 0.6) is 0 Å². The van der Waals surface area contributed by atoms with Gasteiger partial charge in [-0.05, 0) is 18.6 Å². The van der Waals surface area contributed by atoms with Gasteiger partial charge < -0.3 is 5.32 Å². The number of unbranched alkanes of at least 4 members (excludes halogenated alkanes) is 5. The number of anilines is 1. The fraction of sp³-hybridized carbons (Fsp3) is 0.533. The molecule has 5 heteroatoms. The quantitative estimate of drug-likeness (QED) is 0.415. The van der Waals surface area contributed by atoms with E-state index in [1.54, 1.807) is 6.07 Å². The molecule has 0 atom stereocenters. The van der Waals surface area contributed by atoms with Gasteiger partial charge in [-0.15, -0.1) is 0 Å². The van der Waals surface area contributed by atoms with Crippen LogP contribution in [0.1, 0.15) is 51.0 Å². The Bertz CT molecular complexity index is 480. The molecule has 20 heavy (non-hydrogen) atoms. The Morgan fingerprint density at radius 1 is 1.25 bits per heavy atom. The second-order valence-corrected chi connectivity index (χ2v) is 4.80. The van der Waals surface area contributed by atoms with Gasteiger partial charge in [0.2, 0.25) is 0 Å². The first kappa shape index (κ1) is 16.0. The second-order valence-electron chi connectivity index (χ2n) is 4.80. The number of hydrogen-bond acceptors (Lipinski definition) is 4. The third kappa shape index (κ3) is 5.27. The van der Waals surface area contributed by atoms with Crippen molar-refractivity contribution in [3.63, 3.8) is 0 Å². The second kappa shape index (κ2) is 8.92. The van der Waals surface area contributed by atoms with E-state index >= 15 is 0 Å². The van der Waals surface area contributed by atoms with Gasteiger partial charge in [0.05, 0.1) is 4.92 Å². The molecular formula is C15H21N3O2. The van der Waals surface area contributed by atoms with Crippen molar-refractivity contribution in [1.82, 2.24) is 0 Å². The smallest absolute Gasteiger partial charge is 0.289 e. The molecule has 0 fully saturated rings. The molecule has 0 aliphatic carbocycles. The third-order valence-electron chi connectivity index (χ3n) is 3.17. The molecule has 5 nitrogen and oxygen atoms in total. The van der Waals surface area contributed by atoms with Gasteiger partial charge >= 0.3 is 0 Å². The number of hydrogen-bond donors (Lipinski definition) is 1. The molecule has 0 saturated carbocycles. The minimum atomic E-state index is -0.519. The highest BCUT2D eigenvalue weighted by Crippen LogP contribution is 2.22. The summed E-state index contributed by atoms with van der Waals surface area (Å²) in [5.74, 6) is 0. The molecule has 0 saturated heterocycles. The summed E-state index contributed by atoms with van der Waals surface area (Å²) in [6, 6.07) is 6.46. The fourth-order valence-corrected chi connectivity index (χ4v) is 2.03. The molecule has 0 aliphatic heterocycles. The number of rotatable bonds is 9. The molecule has 0 bridgehead atoms. The number of nitrogens with one attached hydrogen (secondary N) is 1. The van der Waals surface area contributed by atoms with Crippen molar-refractivity contribution in [1.29, 1.82) is 5.26 Å². The van der Waals surface area contributed by atoms with Crippen LogP contribution in [0.3, 0.4) is 0 Å². The molecule has 0 unspecified atom stereocenters. The van der Waals surface area contributed by atoms with Crippen LogP contribution in [0.4, 0.5) is 11.4 Å². The van der Waals surface area contributed by atoms with Gasteiger partial charge in [-0.25, -0.2) is 0 Å². The monoisotopic (exact) mass is 275 g/mol. The molecule has 0 heterocycles. The Hall–Kier alpha value is -2.09. The van der Waals surface area contributed by atoms with E-state index in [2.05, 4.69) is 12.2 Å². The highest BCUT2D eigenvalue weighted by molar-refractivity contribution is 5.59. The summed E-state index contributed by atoms with van der Waals surface area (Å²) in [4.78, 5) is 10.3. The van der Waals surface area contributed by atoms with Crippen molar-refractivity contribution in [2.75, 3.05) is 11.9 Å². The SMILES string of the molecule is CCCCCCCCNc1ccc(C#N)c([N+](=O)[O-])c1. The fourth-order valence-electron chi connectivity index (χ4n) is 2.03. The zero-order chi connectivity index (χ0) is 14.8.